The third kappa shape index (κ3) is 3.09. The van der Waals surface area contributed by atoms with Crippen LogP contribution in [0.25, 0.3) is 0 Å². The summed E-state index contributed by atoms with van der Waals surface area (Å²) in [6, 6.07) is 3.93. The SMILES string of the molecule is C=C(N)SCc1cccnc1. The number of thioether (sulfide) groups is 1. The number of hydrogen-bond acceptors (Lipinski definition) is 3. The van der Waals surface area contributed by atoms with Gasteiger partial charge in [-0.05, 0) is 11.6 Å². The molecule has 1 aromatic heterocycles. The predicted molar refractivity (Wildman–Crippen MR) is 48.9 cm³/mol. The highest BCUT2D eigenvalue weighted by Gasteiger charge is 1.91. The summed E-state index contributed by atoms with van der Waals surface area (Å²) in [6.45, 7) is 3.59. The second-order valence-electron chi connectivity index (χ2n) is 2.12. The van der Waals surface area contributed by atoms with Crippen LogP contribution in [0.2, 0.25) is 0 Å². The monoisotopic (exact) mass is 166 g/mol. The van der Waals surface area contributed by atoms with Crippen LogP contribution in [0.15, 0.2) is 36.1 Å². The van der Waals surface area contributed by atoms with E-state index < -0.39 is 0 Å². The number of nitrogens with two attached hydrogens (primary N) is 1. The lowest BCUT2D eigenvalue weighted by atomic mass is 10.3. The molecule has 2 nitrogen and oxygen atoms in total. The van der Waals surface area contributed by atoms with E-state index >= 15 is 0 Å². The van der Waals surface area contributed by atoms with Crippen molar-refractivity contribution in [2.45, 2.75) is 5.75 Å². The number of rotatable bonds is 3. The van der Waals surface area contributed by atoms with Gasteiger partial charge in [-0.25, -0.2) is 0 Å². The first-order valence-electron chi connectivity index (χ1n) is 3.25. The van der Waals surface area contributed by atoms with Gasteiger partial charge in [-0.2, -0.15) is 0 Å². The quantitative estimate of drug-likeness (QED) is 0.743. The second-order valence-corrected chi connectivity index (χ2v) is 3.22. The van der Waals surface area contributed by atoms with Crippen LogP contribution in [0, 0.1) is 0 Å². The lowest BCUT2D eigenvalue weighted by Crippen LogP contribution is -1.90. The van der Waals surface area contributed by atoms with Crippen LogP contribution in [0.5, 0.6) is 0 Å². The van der Waals surface area contributed by atoms with Gasteiger partial charge in [0.25, 0.3) is 0 Å². The van der Waals surface area contributed by atoms with Gasteiger partial charge in [0, 0.05) is 18.1 Å². The van der Waals surface area contributed by atoms with Crippen molar-refractivity contribution in [3.8, 4) is 0 Å². The van der Waals surface area contributed by atoms with Crippen LogP contribution < -0.4 is 5.73 Å². The average molecular weight is 166 g/mol. The highest BCUT2D eigenvalue weighted by Crippen LogP contribution is 2.14. The zero-order valence-electron chi connectivity index (χ0n) is 6.16. The van der Waals surface area contributed by atoms with Gasteiger partial charge in [-0.15, -0.1) is 11.8 Å². The van der Waals surface area contributed by atoms with Crippen molar-refractivity contribution in [2.75, 3.05) is 0 Å². The molecule has 0 amide bonds. The van der Waals surface area contributed by atoms with Crippen molar-refractivity contribution in [2.24, 2.45) is 5.73 Å². The molecular weight excluding hydrogens is 156 g/mol. The molecule has 0 bridgehead atoms. The zero-order valence-corrected chi connectivity index (χ0v) is 6.97. The van der Waals surface area contributed by atoms with Crippen molar-refractivity contribution >= 4 is 11.8 Å². The third-order valence-corrected chi connectivity index (χ3v) is 2.00. The fraction of sp³-hybridized carbons (Fsp3) is 0.125. The lowest BCUT2D eigenvalue weighted by molar-refractivity contribution is 1.25. The minimum absolute atomic E-state index is 0.647. The molecule has 3 heteroatoms. The highest BCUT2D eigenvalue weighted by molar-refractivity contribution is 8.02. The topological polar surface area (TPSA) is 38.9 Å². The fourth-order valence-electron chi connectivity index (χ4n) is 0.660. The Hall–Kier alpha value is -0.960. The summed E-state index contributed by atoms with van der Waals surface area (Å²) in [5.41, 5.74) is 6.56. The highest BCUT2D eigenvalue weighted by atomic mass is 32.2. The Balaban J connectivity index is 2.45. The molecule has 1 heterocycles. The van der Waals surface area contributed by atoms with E-state index in [1.165, 1.54) is 17.3 Å². The maximum atomic E-state index is 5.39. The molecule has 0 radical (unpaired) electrons. The van der Waals surface area contributed by atoms with E-state index in [1.807, 2.05) is 18.3 Å². The minimum atomic E-state index is 0.647. The zero-order chi connectivity index (χ0) is 8.10. The van der Waals surface area contributed by atoms with Crippen molar-refractivity contribution in [3.63, 3.8) is 0 Å². The van der Waals surface area contributed by atoms with Gasteiger partial charge in [-0.3, -0.25) is 4.98 Å². The molecule has 58 valence electrons. The predicted octanol–water partition coefficient (Wildman–Crippen LogP) is 1.74. The minimum Gasteiger partial charge on any atom is -0.394 e. The number of nitrogens with zero attached hydrogens (tertiary/aromatic N) is 1. The summed E-state index contributed by atoms with van der Waals surface area (Å²) in [6.07, 6.45) is 3.58. The van der Waals surface area contributed by atoms with Crippen LogP contribution in [0.4, 0.5) is 0 Å². The molecule has 2 N–H and O–H groups in total. The van der Waals surface area contributed by atoms with Gasteiger partial charge in [0.05, 0.1) is 5.03 Å². The first-order chi connectivity index (χ1) is 5.29. The van der Waals surface area contributed by atoms with E-state index in [0.29, 0.717) is 5.03 Å². The molecule has 0 saturated heterocycles. The first-order valence-corrected chi connectivity index (χ1v) is 4.23. The maximum absolute atomic E-state index is 5.39. The summed E-state index contributed by atoms with van der Waals surface area (Å²) in [5, 5.41) is 0.647. The van der Waals surface area contributed by atoms with E-state index in [0.717, 1.165) is 5.75 Å². The van der Waals surface area contributed by atoms with E-state index in [4.69, 9.17) is 5.73 Å². The molecule has 0 aromatic carbocycles. The van der Waals surface area contributed by atoms with Crippen molar-refractivity contribution in [1.29, 1.82) is 0 Å². The smallest absolute Gasteiger partial charge is 0.0585 e. The fourth-order valence-corrected chi connectivity index (χ4v) is 1.18. The molecule has 0 saturated carbocycles. The molecular formula is C8H10N2S. The Kier molecular flexibility index (Phi) is 2.98. The Labute approximate surface area is 70.5 Å². The van der Waals surface area contributed by atoms with Crippen LogP contribution in [-0.4, -0.2) is 4.98 Å². The number of pyridine rings is 1. The summed E-state index contributed by atoms with van der Waals surface area (Å²) < 4.78 is 0. The van der Waals surface area contributed by atoms with E-state index in [9.17, 15) is 0 Å². The summed E-state index contributed by atoms with van der Waals surface area (Å²) >= 11 is 1.53. The Morgan fingerprint density at radius 2 is 2.55 bits per heavy atom. The molecule has 0 aliphatic heterocycles. The maximum Gasteiger partial charge on any atom is 0.0585 e. The van der Waals surface area contributed by atoms with Gasteiger partial charge in [0.15, 0.2) is 0 Å². The van der Waals surface area contributed by atoms with Gasteiger partial charge >= 0.3 is 0 Å². The van der Waals surface area contributed by atoms with Crippen molar-refractivity contribution < 1.29 is 0 Å². The molecule has 1 rings (SSSR count). The number of aromatic nitrogens is 1. The van der Waals surface area contributed by atoms with Crippen molar-refractivity contribution in [3.05, 3.63) is 41.7 Å². The first kappa shape index (κ1) is 8.14. The van der Waals surface area contributed by atoms with Gasteiger partial charge in [0.2, 0.25) is 0 Å². The van der Waals surface area contributed by atoms with Crippen LogP contribution in [0.3, 0.4) is 0 Å². The normalized spacial score (nSPS) is 9.45. The number of hydrogen-bond donors (Lipinski definition) is 1. The summed E-state index contributed by atoms with van der Waals surface area (Å²) in [7, 11) is 0. The van der Waals surface area contributed by atoms with E-state index in [2.05, 4.69) is 11.6 Å². The molecule has 0 unspecified atom stereocenters. The molecule has 0 spiro atoms. The second kappa shape index (κ2) is 4.03. The lowest BCUT2D eigenvalue weighted by Gasteiger charge is -1.98. The Morgan fingerprint density at radius 3 is 3.09 bits per heavy atom. The van der Waals surface area contributed by atoms with Crippen molar-refractivity contribution in [1.82, 2.24) is 4.98 Å². The van der Waals surface area contributed by atoms with Crippen LogP contribution in [-0.2, 0) is 5.75 Å². The molecule has 1 aromatic rings. The third-order valence-electron chi connectivity index (χ3n) is 1.15. The van der Waals surface area contributed by atoms with Crippen LogP contribution in [0.1, 0.15) is 5.56 Å². The van der Waals surface area contributed by atoms with E-state index in [-0.39, 0.29) is 0 Å². The largest absolute Gasteiger partial charge is 0.394 e. The molecule has 11 heavy (non-hydrogen) atoms. The van der Waals surface area contributed by atoms with Gasteiger partial charge < -0.3 is 5.73 Å². The van der Waals surface area contributed by atoms with Gasteiger partial charge in [0.1, 0.15) is 0 Å². The standard InChI is InChI=1S/C8H10N2S/c1-7(9)11-6-8-3-2-4-10-5-8/h2-5H,1,6,9H2. The average Bonchev–Trinajstić information content (AvgIpc) is 2.03. The molecule has 0 fully saturated rings. The molecule has 0 atom stereocenters. The Morgan fingerprint density at radius 1 is 1.73 bits per heavy atom. The van der Waals surface area contributed by atoms with Gasteiger partial charge in [-0.1, -0.05) is 12.6 Å². The molecule has 0 aliphatic rings. The molecule has 0 aliphatic carbocycles. The van der Waals surface area contributed by atoms with Crippen LogP contribution >= 0.6 is 11.8 Å². The summed E-state index contributed by atoms with van der Waals surface area (Å²) in [4.78, 5) is 3.98. The summed E-state index contributed by atoms with van der Waals surface area (Å²) in [5.74, 6) is 0.850. The Bertz CT molecular complexity index is 233. The van der Waals surface area contributed by atoms with E-state index in [1.54, 1.807) is 6.20 Å².